The lowest BCUT2D eigenvalue weighted by molar-refractivity contribution is -0.119. The monoisotopic (exact) mass is 372 g/mol. The zero-order chi connectivity index (χ0) is 17.2. The standard InChI is InChI=1S/C15H24N4O3S2/c1-11-17-18-15(19(11)13-5-3-2-4-6-13)23-9-14(20)16-12-7-8-24(21,22)10-12/h12-13H,2-10H2,1H3,(H,16,20). The Morgan fingerprint density at radius 3 is 2.67 bits per heavy atom. The first-order valence-corrected chi connectivity index (χ1v) is 11.3. The molecule has 1 saturated heterocycles. The van der Waals surface area contributed by atoms with Gasteiger partial charge >= 0.3 is 0 Å². The van der Waals surface area contributed by atoms with E-state index in [1.54, 1.807) is 0 Å². The summed E-state index contributed by atoms with van der Waals surface area (Å²) in [5.74, 6) is 1.22. The molecule has 1 aliphatic heterocycles. The summed E-state index contributed by atoms with van der Waals surface area (Å²) >= 11 is 1.38. The Balaban J connectivity index is 1.56. The molecular formula is C15H24N4O3S2. The third-order valence-corrected chi connectivity index (χ3v) is 7.42. The second-order valence-electron chi connectivity index (χ2n) is 6.65. The molecule has 2 heterocycles. The molecular weight excluding hydrogens is 348 g/mol. The van der Waals surface area contributed by atoms with Gasteiger partial charge in [0, 0.05) is 12.1 Å². The van der Waals surface area contributed by atoms with Gasteiger partial charge in [0.2, 0.25) is 5.91 Å². The number of aryl methyl sites for hydroxylation is 1. The van der Waals surface area contributed by atoms with Crippen LogP contribution in [-0.4, -0.2) is 52.4 Å². The Labute approximate surface area is 146 Å². The second kappa shape index (κ2) is 7.43. The van der Waals surface area contributed by atoms with Crippen LogP contribution in [0.15, 0.2) is 5.16 Å². The van der Waals surface area contributed by atoms with E-state index in [0.717, 1.165) is 23.8 Å². The van der Waals surface area contributed by atoms with Crippen LogP contribution >= 0.6 is 11.8 Å². The summed E-state index contributed by atoms with van der Waals surface area (Å²) in [6.45, 7) is 1.95. The molecule has 0 radical (unpaired) electrons. The molecule has 134 valence electrons. The topological polar surface area (TPSA) is 94.0 Å². The third-order valence-electron chi connectivity index (χ3n) is 4.70. The number of carbonyl (C=O) groups excluding carboxylic acids is 1. The average molecular weight is 373 g/mol. The van der Waals surface area contributed by atoms with Crippen molar-refractivity contribution in [1.29, 1.82) is 0 Å². The summed E-state index contributed by atoms with van der Waals surface area (Å²) in [6.07, 6.45) is 6.52. The third kappa shape index (κ3) is 4.30. The molecule has 24 heavy (non-hydrogen) atoms. The maximum absolute atomic E-state index is 12.1. The van der Waals surface area contributed by atoms with Crippen LogP contribution < -0.4 is 5.32 Å². The van der Waals surface area contributed by atoms with E-state index in [0.29, 0.717) is 12.5 Å². The summed E-state index contributed by atoms with van der Waals surface area (Å²) in [5, 5.41) is 12.0. The first-order valence-electron chi connectivity index (χ1n) is 8.49. The number of nitrogens with one attached hydrogen (secondary N) is 1. The van der Waals surface area contributed by atoms with E-state index < -0.39 is 9.84 Å². The van der Waals surface area contributed by atoms with Crippen molar-refractivity contribution in [3.63, 3.8) is 0 Å². The summed E-state index contributed by atoms with van der Waals surface area (Å²) < 4.78 is 25.1. The lowest BCUT2D eigenvalue weighted by atomic mass is 9.95. The molecule has 1 amide bonds. The maximum Gasteiger partial charge on any atom is 0.230 e. The van der Waals surface area contributed by atoms with Crippen molar-refractivity contribution in [3.05, 3.63) is 5.82 Å². The number of hydrogen-bond donors (Lipinski definition) is 1. The van der Waals surface area contributed by atoms with E-state index in [-0.39, 0.29) is 29.2 Å². The smallest absolute Gasteiger partial charge is 0.230 e. The van der Waals surface area contributed by atoms with Gasteiger partial charge in [-0.3, -0.25) is 4.79 Å². The molecule has 2 aliphatic rings. The highest BCUT2D eigenvalue weighted by Crippen LogP contribution is 2.32. The van der Waals surface area contributed by atoms with Gasteiger partial charge in [-0.25, -0.2) is 8.42 Å². The van der Waals surface area contributed by atoms with Crippen molar-refractivity contribution in [3.8, 4) is 0 Å². The highest BCUT2D eigenvalue weighted by atomic mass is 32.2. The highest BCUT2D eigenvalue weighted by Gasteiger charge is 2.29. The van der Waals surface area contributed by atoms with Crippen molar-refractivity contribution in [2.24, 2.45) is 0 Å². The number of thioether (sulfide) groups is 1. The summed E-state index contributed by atoms with van der Waals surface area (Å²) in [7, 11) is -2.97. The van der Waals surface area contributed by atoms with E-state index in [1.807, 2.05) is 6.92 Å². The van der Waals surface area contributed by atoms with Gasteiger partial charge in [0.25, 0.3) is 0 Å². The minimum Gasteiger partial charge on any atom is -0.352 e. The zero-order valence-electron chi connectivity index (χ0n) is 13.9. The molecule has 0 bridgehead atoms. The van der Waals surface area contributed by atoms with E-state index in [2.05, 4.69) is 20.1 Å². The Morgan fingerprint density at radius 2 is 2.00 bits per heavy atom. The molecule has 1 N–H and O–H groups in total. The predicted molar refractivity (Wildman–Crippen MR) is 92.8 cm³/mol. The first kappa shape index (κ1) is 17.7. The zero-order valence-corrected chi connectivity index (χ0v) is 15.5. The Bertz CT molecular complexity index is 696. The molecule has 9 heteroatoms. The van der Waals surface area contributed by atoms with Crippen LogP contribution in [0.1, 0.15) is 50.4 Å². The lowest BCUT2D eigenvalue weighted by Crippen LogP contribution is -2.36. The fourth-order valence-corrected chi connectivity index (χ4v) is 6.05. The van der Waals surface area contributed by atoms with Gasteiger partial charge in [-0.15, -0.1) is 10.2 Å². The number of hydrogen-bond acceptors (Lipinski definition) is 6. The predicted octanol–water partition coefficient (Wildman–Crippen LogP) is 1.49. The van der Waals surface area contributed by atoms with Gasteiger partial charge in [-0.2, -0.15) is 0 Å². The van der Waals surface area contributed by atoms with E-state index in [9.17, 15) is 13.2 Å². The van der Waals surface area contributed by atoms with Crippen LogP contribution in [0.4, 0.5) is 0 Å². The average Bonchev–Trinajstić information content (AvgIpc) is 3.08. The molecule has 1 unspecified atom stereocenters. The van der Waals surface area contributed by atoms with Gasteiger partial charge in [0.05, 0.1) is 17.3 Å². The second-order valence-corrected chi connectivity index (χ2v) is 9.82. The number of carbonyl (C=O) groups is 1. The molecule has 2 fully saturated rings. The SMILES string of the molecule is Cc1nnc(SCC(=O)NC2CCS(=O)(=O)C2)n1C1CCCCC1. The molecule has 7 nitrogen and oxygen atoms in total. The largest absolute Gasteiger partial charge is 0.352 e. The fraction of sp³-hybridized carbons (Fsp3) is 0.800. The van der Waals surface area contributed by atoms with Crippen LogP contribution in [0.3, 0.4) is 0 Å². The van der Waals surface area contributed by atoms with Gasteiger partial charge in [0.1, 0.15) is 5.82 Å². The van der Waals surface area contributed by atoms with Gasteiger partial charge in [0.15, 0.2) is 15.0 Å². The maximum atomic E-state index is 12.1. The normalized spacial score (nSPS) is 24.1. The Hall–Kier alpha value is -1.09. The van der Waals surface area contributed by atoms with Gasteiger partial charge < -0.3 is 9.88 Å². The van der Waals surface area contributed by atoms with E-state index in [1.165, 1.54) is 31.0 Å². The number of rotatable bonds is 5. The van der Waals surface area contributed by atoms with Crippen LogP contribution in [-0.2, 0) is 14.6 Å². The molecule has 1 aliphatic carbocycles. The quantitative estimate of drug-likeness (QED) is 0.787. The molecule has 0 spiro atoms. The molecule has 1 aromatic heterocycles. The number of nitrogens with zero attached hydrogens (tertiary/aromatic N) is 3. The molecule has 3 rings (SSSR count). The first-order chi connectivity index (χ1) is 11.4. The fourth-order valence-electron chi connectivity index (χ4n) is 3.52. The molecule has 1 atom stereocenters. The van der Waals surface area contributed by atoms with E-state index in [4.69, 9.17) is 0 Å². The summed E-state index contributed by atoms with van der Waals surface area (Å²) in [6, 6.07) is 0.181. The van der Waals surface area contributed by atoms with Crippen molar-refractivity contribution in [2.45, 2.75) is 62.7 Å². The molecule has 1 aromatic rings. The minimum atomic E-state index is -2.97. The Kier molecular flexibility index (Phi) is 5.49. The number of sulfone groups is 1. The van der Waals surface area contributed by atoms with Crippen LogP contribution in [0.2, 0.25) is 0 Å². The van der Waals surface area contributed by atoms with Crippen molar-refractivity contribution in [1.82, 2.24) is 20.1 Å². The van der Waals surface area contributed by atoms with Crippen molar-refractivity contribution < 1.29 is 13.2 Å². The van der Waals surface area contributed by atoms with Crippen LogP contribution in [0.25, 0.3) is 0 Å². The molecule has 1 saturated carbocycles. The number of amides is 1. The van der Waals surface area contributed by atoms with Gasteiger partial charge in [-0.05, 0) is 26.2 Å². The Morgan fingerprint density at radius 1 is 1.25 bits per heavy atom. The van der Waals surface area contributed by atoms with Gasteiger partial charge in [-0.1, -0.05) is 31.0 Å². The van der Waals surface area contributed by atoms with Crippen molar-refractivity contribution >= 4 is 27.5 Å². The summed E-state index contributed by atoms with van der Waals surface area (Å²) in [4.78, 5) is 12.1. The van der Waals surface area contributed by atoms with Crippen LogP contribution in [0.5, 0.6) is 0 Å². The highest BCUT2D eigenvalue weighted by molar-refractivity contribution is 7.99. The number of aromatic nitrogens is 3. The minimum absolute atomic E-state index is 0.0563. The lowest BCUT2D eigenvalue weighted by Gasteiger charge is -2.25. The summed E-state index contributed by atoms with van der Waals surface area (Å²) in [5.41, 5.74) is 0. The molecule has 0 aromatic carbocycles. The van der Waals surface area contributed by atoms with E-state index >= 15 is 0 Å². The van der Waals surface area contributed by atoms with Crippen molar-refractivity contribution in [2.75, 3.05) is 17.3 Å². The van der Waals surface area contributed by atoms with Crippen LogP contribution in [0, 0.1) is 6.92 Å².